The lowest BCUT2D eigenvalue weighted by atomic mass is 10.1. The van der Waals surface area contributed by atoms with Gasteiger partial charge in [-0.05, 0) is 72.3 Å². The normalized spacial score (nSPS) is 14.2. The fourth-order valence-corrected chi connectivity index (χ4v) is 4.78. The average Bonchev–Trinajstić information content (AvgIpc) is 3.51. The minimum absolute atomic E-state index is 0.0117. The molecule has 1 aliphatic rings. The van der Waals surface area contributed by atoms with Crippen LogP contribution < -0.4 is 20.1 Å². The molecule has 8 nitrogen and oxygen atoms in total. The molecule has 0 atom stereocenters. The number of phenolic OH excluding ortho intramolecular Hbond substituents is 1. The van der Waals surface area contributed by atoms with Crippen molar-refractivity contribution in [2.75, 3.05) is 44.3 Å². The number of nitrogens with two attached hydrogens (primary N) is 1. The first-order valence-corrected chi connectivity index (χ1v) is 14.2. The summed E-state index contributed by atoms with van der Waals surface area (Å²) in [6.07, 6.45) is 4.95. The van der Waals surface area contributed by atoms with Crippen molar-refractivity contribution in [3.63, 3.8) is 0 Å². The van der Waals surface area contributed by atoms with Crippen LogP contribution in [0.4, 0.5) is 11.4 Å². The molecule has 206 valence electrons. The van der Waals surface area contributed by atoms with Crippen LogP contribution in [0, 0.1) is 0 Å². The Morgan fingerprint density at radius 2 is 1.67 bits per heavy atom. The summed E-state index contributed by atoms with van der Waals surface area (Å²) in [6.45, 7) is 7.69. The number of carbonyl (C=O) groups excluding carboxylic acids is 1. The molecule has 1 saturated heterocycles. The van der Waals surface area contributed by atoms with Gasteiger partial charge in [0.1, 0.15) is 5.84 Å². The minimum atomic E-state index is -0.0523. The molecule has 9 heteroatoms. The van der Waals surface area contributed by atoms with Crippen molar-refractivity contribution in [1.29, 1.82) is 0 Å². The Labute approximate surface area is 234 Å². The monoisotopic (exact) mass is 548 g/mol. The number of amides is 1. The van der Waals surface area contributed by atoms with E-state index >= 15 is 0 Å². The summed E-state index contributed by atoms with van der Waals surface area (Å²) < 4.78 is 11.4. The van der Waals surface area contributed by atoms with Crippen LogP contribution in [-0.4, -0.2) is 61.1 Å². The summed E-state index contributed by atoms with van der Waals surface area (Å²) >= 11 is 1.57. The van der Waals surface area contributed by atoms with Crippen LogP contribution in [-0.2, 0) is 4.79 Å². The number of amidine groups is 1. The number of piperazine rings is 1. The number of ether oxygens (including phenoxy) is 2. The number of thiophene rings is 1. The maximum Gasteiger partial charge on any atom is 0.246 e. The van der Waals surface area contributed by atoms with Crippen LogP contribution in [0.15, 0.2) is 65.0 Å². The number of nitrogens with zero attached hydrogens (tertiary/aromatic N) is 3. The second-order valence-electron chi connectivity index (χ2n) is 9.20. The Hall–Kier alpha value is -3.98. The van der Waals surface area contributed by atoms with Gasteiger partial charge in [-0.25, -0.2) is 4.99 Å². The van der Waals surface area contributed by atoms with E-state index in [2.05, 4.69) is 9.89 Å². The van der Waals surface area contributed by atoms with Gasteiger partial charge in [-0.15, -0.1) is 11.3 Å². The highest BCUT2D eigenvalue weighted by Gasteiger charge is 2.20. The summed E-state index contributed by atoms with van der Waals surface area (Å²) in [5.41, 5.74) is 8.74. The lowest BCUT2D eigenvalue weighted by molar-refractivity contribution is -0.126. The molecule has 2 heterocycles. The maximum atomic E-state index is 12.9. The molecule has 1 aromatic heterocycles. The Bertz CT molecular complexity index is 1250. The number of aliphatic imine (C=N–C) groups is 1. The van der Waals surface area contributed by atoms with Gasteiger partial charge in [0, 0.05) is 37.9 Å². The van der Waals surface area contributed by atoms with Crippen LogP contribution >= 0.6 is 11.3 Å². The minimum Gasteiger partial charge on any atom is -0.502 e. The predicted octanol–water partition coefficient (Wildman–Crippen LogP) is 5.43. The van der Waals surface area contributed by atoms with Crippen molar-refractivity contribution in [2.45, 2.75) is 26.7 Å². The molecule has 0 spiro atoms. The summed E-state index contributed by atoms with van der Waals surface area (Å²) in [5.74, 6) is 1.17. The van der Waals surface area contributed by atoms with E-state index in [1.54, 1.807) is 35.6 Å². The molecular weight excluding hydrogens is 512 g/mol. The summed E-state index contributed by atoms with van der Waals surface area (Å²) in [6, 6.07) is 15.4. The smallest absolute Gasteiger partial charge is 0.246 e. The van der Waals surface area contributed by atoms with E-state index < -0.39 is 0 Å². The fraction of sp³-hybridized carbons (Fsp3) is 0.333. The fourth-order valence-electron chi connectivity index (χ4n) is 4.16. The molecule has 2 aromatic carbocycles. The third-order valence-corrected chi connectivity index (χ3v) is 7.13. The zero-order valence-electron chi connectivity index (χ0n) is 22.5. The zero-order valence-corrected chi connectivity index (χ0v) is 23.3. The van der Waals surface area contributed by atoms with Gasteiger partial charge in [0.15, 0.2) is 11.5 Å². The van der Waals surface area contributed by atoms with Gasteiger partial charge in [-0.2, -0.15) is 0 Å². The van der Waals surface area contributed by atoms with Gasteiger partial charge in [-0.3, -0.25) is 4.79 Å². The van der Waals surface area contributed by atoms with Gasteiger partial charge in [0.25, 0.3) is 0 Å². The van der Waals surface area contributed by atoms with E-state index in [1.807, 2.05) is 60.5 Å². The number of hydrogen-bond acceptors (Lipinski definition) is 7. The molecular formula is C30H36N4O4S. The number of rotatable bonds is 11. The Morgan fingerprint density at radius 3 is 2.23 bits per heavy atom. The summed E-state index contributed by atoms with van der Waals surface area (Å²) in [7, 11) is 0. The number of anilines is 1. The Kier molecular flexibility index (Phi) is 9.85. The molecule has 1 fully saturated rings. The maximum absolute atomic E-state index is 12.9. The van der Waals surface area contributed by atoms with E-state index in [0.717, 1.165) is 47.7 Å². The number of hydrogen-bond donors (Lipinski definition) is 2. The van der Waals surface area contributed by atoms with Crippen molar-refractivity contribution in [3.05, 3.63) is 70.4 Å². The highest BCUT2D eigenvalue weighted by Crippen LogP contribution is 2.38. The van der Waals surface area contributed by atoms with E-state index in [1.165, 1.54) is 0 Å². The first-order valence-electron chi connectivity index (χ1n) is 13.3. The molecule has 1 amide bonds. The molecule has 0 unspecified atom stereocenters. The van der Waals surface area contributed by atoms with Crippen molar-refractivity contribution in [2.24, 2.45) is 10.7 Å². The lowest BCUT2D eigenvalue weighted by Crippen LogP contribution is -2.48. The average molecular weight is 549 g/mol. The van der Waals surface area contributed by atoms with E-state index in [-0.39, 0.29) is 11.7 Å². The lowest BCUT2D eigenvalue weighted by Gasteiger charge is -2.35. The molecule has 4 rings (SSSR count). The van der Waals surface area contributed by atoms with Crippen molar-refractivity contribution in [1.82, 2.24) is 4.90 Å². The van der Waals surface area contributed by atoms with Gasteiger partial charge >= 0.3 is 0 Å². The number of phenols is 1. The summed E-state index contributed by atoms with van der Waals surface area (Å²) in [4.78, 5) is 22.5. The third kappa shape index (κ3) is 7.54. The van der Waals surface area contributed by atoms with Gasteiger partial charge in [-0.1, -0.05) is 19.9 Å². The number of aromatic hydroxyl groups is 1. The largest absolute Gasteiger partial charge is 0.502 e. The second-order valence-corrected chi connectivity index (χ2v) is 10.1. The first kappa shape index (κ1) is 28.0. The second kappa shape index (κ2) is 13.7. The van der Waals surface area contributed by atoms with Crippen LogP contribution in [0.5, 0.6) is 17.2 Å². The molecule has 3 N–H and O–H groups in total. The van der Waals surface area contributed by atoms with Crippen molar-refractivity contribution < 1.29 is 19.4 Å². The Balaban J connectivity index is 1.35. The topological polar surface area (TPSA) is 101 Å². The van der Waals surface area contributed by atoms with Crippen molar-refractivity contribution in [3.8, 4) is 17.2 Å². The van der Waals surface area contributed by atoms with Gasteiger partial charge in [0.05, 0.1) is 23.8 Å². The van der Waals surface area contributed by atoms with Crippen LogP contribution in [0.1, 0.15) is 37.1 Å². The SMILES string of the molecule is CCCOc1cc(C=CC(=O)N2CCN(c3ccc(N=C(N)c4cccs4)cc3)CC2)cc(OCCC)c1O. The van der Waals surface area contributed by atoms with E-state index in [4.69, 9.17) is 15.2 Å². The number of carbonyl (C=O) groups is 1. The van der Waals surface area contributed by atoms with Crippen molar-refractivity contribution >= 4 is 40.5 Å². The third-order valence-electron chi connectivity index (χ3n) is 6.23. The molecule has 3 aromatic rings. The predicted molar refractivity (Wildman–Crippen MR) is 159 cm³/mol. The van der Waals surface area contributed by atoms with Crippen LogP contribution in [0.2, 0.25) is 0 Å². The molecule has 0 radical (unpaired) electrons. The summed E-state index contributed by atoms with van der Waals surface area (Å²) in [5, 5.41) is 12.5. The van der Waals surface area contributed by atoms with E-state index in [9.17, 15) is 9.90 Å². The van der Waals surface area contributed by atoms with Gasteiger partial charge < -0.3 is 30.1 Å². The standard InChI is InChI=1S/C30H36N4O4S/c1-3-17-37-25-20-22(21-26(29(25)36)38-18-4-2)7-12-28(35)34-15-13-33(14-16-34)24-10-8-23(9-11-24)32-30(31)27-6-5-19-39-27/h5-12,19-21,36H,3-4,13-18H2,1-2H3,(H2,31,32). The van der Waals surface area contributed by atoms with Gasteiger partial charge in [0.2, 0.25) is 11.7 Å². The highest BCUT2D eigenvalue weighted by molar-refractivity contribution is 7.12. The molecule has 0 bridgehead atoms. The van der Waals surface area contributed by atoms with E-state index in [0.29, 0.717) is 43.6 Å². The van der Waals surface area contributed by atoms with Crippen LogP contribution in [0.3, 0.4) is 0 Å². The highest BCUT2D eigenvalue weighted by atomic mass is 32.1. The van der Waals surface area contributed by atoms with Crippen LogP contribution in [0.25, 0.3) is 6.08 Å². The Morgan fingerprint density at radius 1 is 1.03 bits per heavy atom. The zero-order chi connectivity index (χ0) is 27.6. The molecule has 1 aliphatic heterocycles. The number of benzene rings is 2. The molecule has 0 saturated carbocycles. The quantitative estimate of drug-likeness (QED) is 0.188. The molecule has 0 aliphatic carbocycles. The molecule has 39 heavy (non-hydrogen) atoms. The first-order chi connectivity index (χ1) is 19.0.